The highest BCUT2D eigenvalue weighted by Crippen LogP contribution is 2.30. The Balaban J connectivity index is 2.25. The summed E-state index contributed by atoms with van der Waals surface area (Å²) in [5.74, 6) is 0. The largest absolute Gasteiger partial charge is 0.284 e. The van der Waals surface area contributed by atoms with Gasteiger partial charge in [0.05, 0.1) is 12.3 Å². The van der Waals surface area contributed by atoms with Gasteiger partial charge in [0, 0.05) is 6.20 Å². The van der Waals surface area contributed by atoms with Crippen molar-refractivity contribution in [1.82, 2.24) is 14.9 Å². The van der Waals surface area contributed by atoms with Gasteiger partial charge in [0.2, 0.25) is 10.0 Å². The van der Waals surface area contributed by atoms with Crippen LogP contribution in [0, 0.1) is 11.3 Å². The first-order chi connectivity index (χ1) is 7.58. The molecule has 0 saturated heterocycles. The van der Waals surface area contributed by atoms with Crippen molar-refractivity contribution >= 4 is 10.0 Å². The summed E-state index contributed by atoms with van der Waals surface area (Å²) in [4.78, 5) is 0.0639. The smallest absolute Gasteiger partial charge is 0.245 e. The summed E-state index contributed by atoms with van der Waals surface area (Å²) < 4.78 is 26.3. The predicted octanol–water partition coefficient (Wildman–Crippen LogP) is 0.524. The first-order valence-electron chi connectivity index (χ1n) is 5.02. The second-order valence-corrected chi connectivity index (χ2v) is 5.62. The van der Waals surface area contributed by atoms with E-state index in [0.29, 0.717) is 12.8 Å². The van der Waals surface area contributed by atoms with Crippen LogP contribution < -0.4 is 4.72 Å². The standard InChI is InChI=1S/C9H12N4O2S/c10-7-9(3-1-2-4-9)13-16(14,15)8-5-11-12-6-8/h5-6,13H,1-4H2,(H,11,12). The quantitative estimate of drug-likeness (QED) is 0.804. The maximum atomic E-state index is 11.9. The highest BCUT2D eigenvalue weighted by atomic mass is 32.2. The Bertz CT molecular complexity index is 494. The van der Waals surface area contributed by atoms with Gasteiger partial charge in [-0.3, -0.25) is 5.10 Å². The average Bonchev–Trinajstić information content (AvgIpc) is 2.87. The van der Waals surface area contributed by atoms with Crippen LogP contribution in [0.4, 0.5) is 0 Å². The van der Waals surface area contributed by atoms with Crippen LogP contribution >= 0.6 is 0 Å². The molecular weight excluding hydrogens is 228 g/mol. The molecule has 1 aromatic heterocycles. The number of rotatable bonds is 3. The third-order valence-electron chi connectivity index (χ3n) is 2.78. The van der Waals surface area contributed by atoms with E-state index >= 15 is 0 Å². The third-order valence-corrected chi connectivity index (χ3v) is 4.29. The molecule has 0 aromatic carbocycles. The maximum absolute atomic E-state index is 11.9. The third kappa shape index (κ3) is 1.94. The molecule has 0 bridgehead atoms. The zero-order valence-electron chi connectivity index (χ0n) is 8.60. The number of aromatic amines is 1. The van der Waals surface area contributed by atoms with Gasteiger partial charge in [0.25, 0.3) is 0 Å². The van der Waals surface area contributed by atoms with Crippen molar-refractivity contribution in [2.75, 3.05) is 0 Å². The second-order valence-electron chi connectivity index (χ2n) is 3.94. The number of nitriles is 1. The van der Waals surface area contributed by atoms with Crippen LogP contribution in [-0.2, 0) is 10.0 Å². The minimum atomic E-state index is -3.64. The van der Waals surface area contributed by atoms with Crippen LogP contribution in [0.2, 0.25) is 0 Å². The van der Waals surface area contributed by atoms with E-state index in [2.05, 4.69) is 21.0 Å². The maximum Gasteiger partial charge on any atom is 0.245 e. The molecular formula is C9H12N4O2S. The molecule has 0 amide bonds. The van der Waals surface area contributed by atoms with Gasteiger partial charge in [-0.1, -0.05) is 12.8 Å². The molecule has 6 nitrogen and oxygen atoms in total. The Morgan fingerprint density at radius 1 is 1.50 bits per heavy atom. The van der Waals surface area contributed by atoms with Crippen molar-refractivity contribution < 1.29 is 8.42 Å². The van der Waals surface area contributed by atoms with Gasteiger partial charge in [0.1, 0.15) is 10.4 Å². The van der Waals surface area contributed by atoms with E-state index in [1.54, 1.807) is 0 Å². The summed E-state index contributed by atoms with van der Waals surface area (Å²) in [6, 6.07) is 2.07. The van der Waals surface area contributed by atoms with Gasteiger partial charge in [-0.05, 0) is 12.8 Å². The van der Waals surface area contributed by atoms with Crippen molar-refractivity contribution in [3.8, 4) is 6.07 Å². The van der Waals surface area contributed by atoms with E-state index in [4.69, 9.17) is 5.26 Å². The fourth-order valence-electron chi connectivity index (χ4n) is 1.92. The van der Waals surface area contributed by atoms with Gasteiger partial charge in [-0.25, -0.2) is 8.42 Å². The van der Waals surface area contributed by atoms with Gasteiger partial charge in [-0.2, -0.15) is 15.1 Å². The van der Waals surface area contributed by atoms with Crippen LogP contribution in [0.1, 0.15) is 25.7 Å². The Morgan fingerprint density at radius 2 is 2.19 bits per heavy atom. The topological polar surface area (TPSA) is 98.6 Å². The van der Waals surface area contributed by atoms with Crippen LogP contribution in [0.3, 0.4) is 0 Å². The first-order valence-corrected chi connectivity index (χ1v) is 6.50. The molecule has 16 heavy (non-hydrogen) atoms. The zero-order valence-corrected chi connectivity index (χ0v) is 9.42. The van der Waals surface area contributed by atoms with E-state index in [0.717, 1.165) is 12.8 Å². The second kappa shape index (κ2) is 3.88. The molecule has 0 atom stereocenters. The number of hydrogen-bond acceptors (Lipinski definition) is 4. The normalized spacial score (nSPS) is 19.4. The lowest BCUT2D eigenvalue weighted by Crippen LogP contribution is -2.44. The highest BCUT2D eigenvalue weighted by Gasteiger charge is 2.38. The van der Waals surface area contributed by atoms with Crippen molar-refractivity contribution in [1.29, 1.82) is 5.26 Å². The molecule has 2 N–H and O–H groups in total. The van der Waals surface area contributed by atoms with Gasteiger partial charge in [0.15, 0.2) is 0 Å². The Kier molecular flexibility index (Phi) is 2.69. The lowest BCUT2D eigenvalue weighted by Gasteiger charge is -2.20. The molecule has 1 aliphatic carbocycles. The fourth-order valence-corrected chi connectivity index (χ4v) is 3.20. The summed E-state index contributed by atoms with van der Waals surface area (Å²) in [6.45, 7) is 0. The number of aromatic nitrogens is 2. The van der Waals surface area contributed by atoms with E-state index in [1.165, 1.54) is 12.4 Å². The lowest BCUT2D eigenvalue weighted by atomic mass is 10.0. The summed E-state index contributed by atoms with van der Waals surface area (Å²) in [5, 5.41) is 15.1. The van der Waals surface area contributed by atoms with E-state index in [-0.39, 0.29) is 4.90 Å². The first kappa shape index (κ1) is 11.1. The van der Waals surface area contributed by atoms with Crippen molar-refractivity contribution in [2.45, 2.75) is 36.1 Å². The monoisotopic (exact) mass is 240 g/mol. The number of sulfonamides is 1. The van der Waals surface area contributed by atoms with Gasteiger partial charge in [-0.15, -0.1) is 0 Å². The Morgan fingerprint density at radius 3 is 2.69 bits per heavy atom. The summed E-state index contributed by atoms with van der Waals surface area (Å²) in [6.07, 6.45) is 5.41. The number of nitrogens with one attached hydrogen (secondary N) is 2. The molecule has 0 aliphatic heterocycles. The molecule has 1 fully saturated rings. The SMILES string of the molecule is N#CC1(NS(=O)(=O)c2cn[nH]c2)CCCC1. The van der Waals surface area contributed by atoms with Crippen LogP contribution in [0.15, 0.2) is 17.3 Å². The lowest BCUT2D eigenvalue weighted by molar-refractivity contribution is 0.485. The van der Waals surface area contributed by atoms with Crippen molar-refractivity contribution in [2.24, 2.45) is 0 Å². The Labute approximate surface area is 93.7 Å². The van der Waals surface area contributed by atoms with Crippen molar-refractivity contribution in [3.63, 3.8) is 0 Å². The molecule has 7 heteroatoms. The number of nitrogens with zero attached hydrogens (tertiary/aromatic N) is 2. The van der Waals surface area contributed by atoms with Gasteiger partial charge >= 0.3 is 0 Å². The summed E-state index contributed by atoms with van der Waals surface area (Å²) in [7, 11) is -3.64. The fraction of sp³-hybridized carbons (Fsp3) is 0.556. The zero-order chi connectivity index (χ0) is 11.6. The molecule has 1 aliphatic rings. The van der Waals surface area contributed by atoms with E-state index in [1.807, 2.05) is 0 Å². The summed E-state index contributed by atoms with van der Waals surface area (Å²) >= 11 is 0. The summed E-state index contributed by atoms with van der Waals surface area (Å²) in [5.41, 5.74) is -0.934. The van der Waals surface area contributed by atoms with Crippen LogP contribution in [0.25, 0.3) is 0 Å². The minimum absolute atomic E-state index is 0.0639. The molecule has 2 rings (SSSR count). The minimum Gasteiger partial charge on any atom is -0.284 e. The number of H-pyrrole nitrogens is 1. The Hall–Kier alpha value is -1.39. The molecule has 1 saturated carbocycles. The molecule has 0 spiro atoms. The molecule has 1 heterocycles. The number of hydrogen-bond donors (Lipinski definition) is 2. The van der Waals surface area contributed by atoms with Crippen LogP contribution in [-0.4, -0.2) is 24.2 Å². The molecule has 86 valence electrons. The molecule has 1 aromatic rings. The van der Waals surface area contributed by atoms with E-state index in [9.17, 15) is 8.42 Å². The van der Waals surface area contributed by atoms with Crippen molar-refractivity contribution in [3.05, 3.63) is 12.4 Å². The highest BCUT2D eigenvalue weighted by molar-refractivity contribution is 7.89. The van der Waals surface area contributed by atoms with Gasteiger partial charge < -0.3 is 0 Å². The predicted molar refractivity (Wildman–Crippen MR) is 55.7 cm³/mol. The van der Waals surface area contributed by atoms with Crippen LogP contribution in [0.5, 0.6) is 0 Å². The average molecular weight is 240 g/mol. The van der Waals surface area contributed by atoms with E-state index < -0.39 is 15.6 Å². The molecule has 0 unspecified atom stereocenters. The molecule has 0 radical (unpaired) electrons.